The molecule has 2 nitrogen and oxygen atoms in total. The summed E-state index contributed by atoms with van der Waals surface area (Å²) in [5.74, 6) is 0. The zero-order valence-electron chi connectivity index (χ0n) is 9.06. The fourth-order valence-corrected chi connectivity index (χ4v) is 1.39. The molecule has 0 spiro atoms. The summed E-state index contributed by atoms with van der Waals surface area (Å²) in [4.78, 5) is 2.37. The second kappa shape index (κ2) is 7.56. The third-order valence-electron chi connectivity index (χ3n) is 1.88. The number of hydrogen-bond acceptors (Lipinski definition) is 2. The molecule has 2 heteroatoms. The lowest BCUT2D eigenvalue weighted by Gasteiger charge is -2.09. The number of likely N-dealkylation sites (N-methyl/N-ethyl adjacent to an activating group) is 2. The summed E-state index contributed by atoms with van der Waals surface area (Å²) in [7, 11) is 2.18. The Labute approximate surface area is 77.3 Å². The number of likely N-dealkylation sites (tertiary alicyclic amines) is 1. The van der Waals surface area contributed by atoms with Crippen LogP contribution in [0.2, 0.25) is 0 Å². The normalized spacial score (nSPS) is 23.5. The molecule has 0 aromatic rings. The second-order valence-corrected chi connectivity index (χ2v) is 3.51. The van der Waals surface area contributed by atoms with Crippen LogP contribution < -0.4 is 5.32 Å². The minimum absolute atomic E-state index is 0.764. The van der Waals surface area contributed by atoms with Crippen LogP contribution in [-0.2, 0) is 0 Å². The smallest absolute Gasteiger partial charge is 0.0206 e. The topological polar surface area (TPSA) is 15.3 Å². The first kappa shape index (κ1) is 11.9. The van der Waals surface area contributed by atoms with Crippen molar-refractivity contribution in [1.82, 2.24) is 10.2 Å². The zero-order valence-corrected chi connectivity index (χ0v) is 9.06. The fourth-order valence-electron chi connectivity index (χ4n) is 1.39. The van der Waals surface area contributed by atoms with E-state index >= 15 is 0 Å². The van der Waals surface area contributed by atoms with Gasteiger partial charge >= 0.3 is 0 Å². The molecule has 0 amide bonds. The van der Waals surface area contributed by atoms with Crippen molar-refractivity contribution in [3.05, 3.63) is 0 Å². The third-order valence-corrected chi connectivity index (χ3v) is 1.88. The van der Waals surface area contributed by atoms with Crippen molar-refractivity contribution in [2.24, 2.45) is 0 Å². The predicted molar refractivity (Wildman–Crippen MR) is 55.5 cm³/mol. The van der Waals surface area contributed by atoms with Crippen molar-refractivity contribution in [2.75, 3.05) is 26.7 Å². The Morgan fingerprint density at radius 2 is 1.92 bits per heavy atom. The van der Waals surface area contributed by atoms with Gasteiger partial charge in [0.25, 0.3) is 0 Å². The van der Waals surface area contributed by atoms with Gasteiger partial charge in [-0.2, -0.15) is 0 Å². The molecule has 0 aromatic heterocycles. The average Bonchev–Trinajstić information content (AvgIpc) is 2.38. The molecule has 0 aromatic carbocycles. The van der Waals surface area contributed by atoms with Gasteiger partial charge in [-0.3, -0.25) is 0 Å². The first-order valence-electron chi connectivity index (χ1n) is 5.16. The molecule has 1 heterocycles. The maximum Gasteiger partial charge on any atom is 0.0206 e. The number of nitrogens with one attached hydrogen (secondary N) is 1. The van der Waals surface area contributed by atoms with Crippen LogP contribution >= 0.6 is 0 Å². The van der Waals surface area contributed by atoms with Gasteiger partial charge in [0.1, 0.15) is 0 Å². The van der Waals surface area contributed by atoms with Crippen molar-refractivity contribution in [2.45, 2.75) is 39.7 Å². The minimum Gasteiger partial charge on any atom is -0.313 e. The van der Waals surface area contributed by atoms with E-state index in [0.29, 0.717) is 0 Å². The van der Waals surface area contributed by atoms with E-state index in [4.69, 9.17) is 0 Å². The van der Waals surface area contributed by atoms with Crippen molar-refractivity contribution in [1.29, 1.82) is 0 Å². The fraction of sp³-hybridized carbons (Fsp3) is 1.00. The zero-order chi connectivity index (χ0) is 9.40. The van der Waals surface area contributed by atoms with E-state index in [0.717, 1.165) is 12.6 Å². The van der Waals surface area contributed by atoms with E-state index in [2.05, 4.69) is 38.0 Å². The lowest BCUT2D eigenvalue weighted by atomic mass is 10.3. The predicted octanol–water partition coefficient (Wildman–Crippen LogP) is 1.72. The summed E-state index contributed by atoms with van der Waals surface area (Å²) < 4.78 is 0. The average molecular weight is 172 g/mol. The Hall–Kier alpha value is -0.0800. The van der Waals surface area contributed by atoms with E-state index in [9.17, 15) is 0 Å². The highest BCUT2D eigenvalue weighted by molar-refractivity contribution is 4.77. The van der Waals surface area contributed by atoms with E-state index in [-0.39, 0.29) is 0 Å². The molecule has 1 N–H and O–H groups in total. The Balaban J connectivity index is 0.000000354. The van der Waals surface area contributed by atoms with Gasteiger partial charge in [0.2, 0.25) is 0 Å². The van der Waals surface area contributed by atoms with Crippen LogP contribution in [0.1, 0.15) is 33.6 Å². The van der Waals surface area contributed by atoms with Crippen LogP contribution in [0.15, 0.2) is 0 Å². The molecule has 12 heavy (non-hydrogen) atoms. The second-order valence-electron chi connectivity index (χ2n) is 3.51. The highest BCUT2D eigenvalue weighted by Crippen LogP contribution is 2.04. The molecule has 1 aliphatic rings. The molecule has 0 bridgehead atoms. The summed E-state index contributed by atoms with van der Waals surface area (Å²) in [5, 5.41) is 3.43. The molecule has 1 unspecified atom stereocenters. The molecule has 74 valence electrons. The Morgan fingerprint density at radius 1 is 1.33 bits per heavy atom. The molecule has 1 aliphatic heterocycles. The standard InChI is InChI=1S/C7H16N2.C3H8/c1-3-8-7-4-5-9(2)6-7;1-3-2/h7-8H,3-6H2,1-2H3;3H2,1-2H3. The molecular formula is C10H24N2. The molecule has 1 saturated heterocycles. The van der Waals surface area contributed by atoms with Crippen molar-refractivity contribution >= 4 is 0 Å². The number of nitrogens with zero attached hydrogens (tertiary/aromatic N) is 1. The lowest BCUT2D eigenvalue weighted by Crippen LogP contribution is -2.30. The molecule has 1 atom stereocenters. The van der Waals surface area contributed by atoms with E-state index in [1.807, 2.05) is 0 Å². The van der Waals surface area contributed by atoms with Gasteiger partial charge in [-0.15, -0.1) is 0 Å². The summed E-state index contributed by atoms with van der Waals surface area (Å²) in [6.45, 7) is 10.0. The quantitative estimate of drug-likeness (QED) is 0.682. The van der Waals surface area contributed by atoms with E-state index in [1.165, 1.54) is 25.9 Å². The van der Waals surface area contributed by atoms with Gasteiger partial charge in [-0.1, -0.05) is 27.2 Å². The molecule has 0 radical (unpaired) electrons. The molecule has 0 aliphatic carbocycles. The van der Waals surface area contributed by atoms with Crippen LogP contribution in [0.25, 0.3) is 0 Å². The maximum atomic E-state index is 3.43. The van der Waals surface area contributed by atoms with Crippen molar-refractivity contribution in [3.8, 4) is 0 Å². The van der Waals surface area contributed by atoms with Gasteiger partial charge in [-0.05, 0) is 26.6 Å². The highest BCUT2D eigenvalue weighted by Gasteiger charge is 2.17. The maximum absolute atomic E-state index is 3.43. The third kappa shape index (κ3) is 5.56. The largest absolute Gasteiger partial charge is 0.313 e. The highest BCUT2D eigenvalue weighted by atomic mass is 15.2. The van der Waals surface area contributed by atoms with E-state index in [1.54, 1.807) is 0 Å². The summed E-state index contributed by atoms with van der Waals surface area (Å²) in [6.07, 6.45) is 2.57. The first-order chi connectivity index (χ1) is 5.74. The monoisotopic (exact) mass is 172 g/mol. The SMILES string of the molecule is CCC.CCNC1CCN(C)C1. The van der Waals surface area contributed by atoms with Crippen LogP contribution in [0.4, 0.5) is 0 Å². The van der Waals surface area contributed by atoms with Gasteiger partial charge in [0, 0.05) is 12.6 Å². The van der Waals surface area contributed by atoms with Crippen molar-refractivity contribution in [3.63, 3.8) is 0 Å². The molecule has 0 saturated carbocycles. The van der Waals surface area contributed by atoms with Crippen molar-refractivity contribution < 1.29 is 0 Å². The number of hydrogen-bond donors (Lipinski definition) is 1. The molecule has 1 rings (SSSR count). The molecule has 1 fully saturated rings. The van der Waals surface area contributed by atoms with Gasteiger partial charge in [-0.25, -0.2) is 0 Å². The first-order valence-corrected chi connectivity index (χ1v) is 5.16. The van der Waals surface area contributed by atoms with Gasteiger partial charge in [0.05, 0.1) is 0 Å². The Morgan fingerprint density at radius 3 is 2.25 bits per heavy atom. The number of rotatable bonds is 2. The Bertz CT molecular complexity index is 91.8. The summed E-state index contributed by atoms with van der Waals surface area (Å²) in [6, 6.07) is 0.764. The summed E-state index contributed by atoms with van der Waals surface area (Å²) in [5.41, 5.74) is 0. The minimum atomic E-state index is 0.764. The van der Waals surface area contributed by atoms with Gasteiger partial charge < -0.3 is 10.2 Å². The Kier molecular flexibility index (Phi) is 7.51. The van der Waals surface area contributed by atoms with Gasteiger partial charge in [0.15, 0.2) is 0 Å². The van der Waals surface area contributed by atoms with Crippen LogP contribution in [-0.4, -0.2) is 37.6 Å². The summed E-state index contributed by atoms with van der Waals surface area (Å²) >= 11 is 0. The van der Waals surface area contributed by atoms with Crippen LogP contribution in [0, 0.1) is 0 Å². The van der Waals surface area contributed by atoms with Crippen LogP contribution in [0.5, 0.6) is 0 Å². The molecular weight excluding hydrogens is 148 g/mol. The lowest BCUT2D eigenvalue weighted by molar-refractivity contribution is 0.400. The van der Waals surface area contributed by atoms with Crippen LogP contribution in [0.3, 0.4) is 0 Å². The van der Waals surface area contributed by atoms with E-state index < -0.39 is 0 Å².